The van der Waals surface area contributed by atoms with Gasteiger partial charge in [0.2, 0.25) is 10.0 Å². The molecule has 1 N–H and O–H groups in total. The van der Waals surface area contributed by atoms with E-state index in [9.17, 15) is 8.42 Å². The first-order chi connectivity index (χ1) is 10.0. The van der Waals surface area contributed by atoms with Crippen LogP contribution < -0.4 is 10.1 Å². The lowest BCUT2D eigenvalue weighted by Gasteiger charge is -2.15. The van der Waals surface area contributed by atoms with Crippen LogP contribution in [0.5, 0.6) is 5.75 Å². The van der Waals surface area contributed by atoms with E-state index >= 15 is 0 Å². The van der Waals surface area contributed by atoms with E-state index < -0.39 is 10.0 Å². The summed E-state index contributed by atoms with van der Waals surface area (Å²) in [5.41, 5.74) is 0. The van der Waals surface area contributed by atoms with Gasteiger partial charge in [0, 0.05) is 13.6 Å². The first-order valence-corrected chi connectivity index (χ1v) is 8.86. The van der Waals surface area contributed by atoms with Gasteiger partial charge >= 0.3 is 0 Å². The van der Waals surface area contributed by atoms with Crippen LogP contribution >= 0.6 is 0 Å². The van der Waals surface area contributed by atoms with Crippen molar-refractivity contribution in [3.8, 4) is 5.75 Å². The predicted octanol–water partition coefficient (Wildman–Crippen LogP) is 2.10. The highest BCUT2D eigenvalue weighted by atomic mass is 32.2. The lowest BCUT2D eigenvalue weighted by atomic mass is 10.3. The molecule has 0 fully saturated rings. The van der Waals surface area contributed by atoms with E-state index in [4.69, 9.17) is 4.74 Å². The Labute approximate surface area is 128 Å². The minimum atomic E-state index is -3.37. The molecule has 21 heavy (non-hydrogen) atoms. The molecule has 0 heterocycles. The quantitative estimate of drug-likeness (QED) is 0.672. The molecular weight excluding hydrogens is 288 g/mol. The van der Waals surface area contributed by atoms with Crippen molar-refractivity contribution in [1.82, 2.24) is 9.62 Å². The van der Waals surface area contributed by atoms with Crippen molar-refractivity contribution in [1.29, 1.82) is 0 Å². The summed E-state index contributed by atoms with van der Waals surface area (Å²) in [6.07, 6.45) is 2.06. The van der Waals surface area contributed by atoms with Crippen LogP contribution in [0.4, 0.5) is 0 Å². The molecule has 0 bridgehead atoms. The Morgan fingerprint density at radius 2 is 1.81 bits per heavy atom. The van der Waals surface area contributed by atoms with Gasteiger partial charge in [-0.25, -0.2) is 12.7 Å². The van der Waals surface area contributed by atoms with Crippen LogP contribution in [0.1, 0.15) is 26.7 Å². The molecule has 0 saturated carbocycles. The van der Waals surface area contributed by atoms with Crippen LogP contribution in [0, 0.1) is 0 Å². The second kappa shape index (κ2) is 9.02. The van der Waals surface area contributed by atoms with Gasteiger partial charge in [-0.15, -0.1) is 0 Å². The zero-order valence-corrected chi connectivity index (χ0v) is 13.9. The molecule has 0 spiro atoms. The molecule has 1 rings (SSSR count). The standard InChI is InChI=1S/C15H26N2O3S/c1-4-11-16-12-6-13-20-14-7-9-15(10-8-14)21(18,19)17(3)5-2/h7-10,16H,4-6,11-13H2,1-3H3. The number of sulfonamides is 1. The summed E-state index contributed by atoms with van der Waals surface area (Å²) in [5.74, 6) is 0.698. The fourth-order valence-corrected chi connectivity index (χ4v) is 2.93. The second-order valence-corrected chi connectivity index (χ2v) is 6.89. The number of ether oxygens (including phenoxy) is 1. The highest BCUT2D eigenvalue weighted by Crippen LogP contribution is 2.18. The molecule has 0 unspecified atom stereocenters. The lowest BCUT2D eigenvalue weighted by molar-refractivity contribution is 0.308. The summed E-state index contributed by atoms with van der Waals surface area (Å²) in [4.78, 5) is 0.295. The van der Waals surface area contributed by atoms with E-state index in [1.807, 2.05) is 6.92 Å². The number of hydrogen-bond acceptors (Lipinski definition) is 4. The maximum absolute atomic E-state index is 12.1. The van der Waals surface area contributed by atoms with Crippen LogP contribution in [-0.2, 0) is 10.0 Å². The number of benzene rings is 1. The summed E-state index contributed by atoms with van der Waals surface area (Å²) >= 11 is 0. The van der Waals surface area contributed by atoms with E-state index in [-0.39, 0.29) is 0 Å². The summed E-state index contributed by atoms with van der Waals surface area (Å²) in [6.45, 7) is 6.97. The largest absolute Gasteiger partial charge is 0.494 e. The minimum Gasteiger partial charge on any atom is -0.494 e. The van der Waals surface area contributed by atoms with Gasteiger partial charge in [-0.05, 0) is 50.2 Å². The molecule has 1 aromatic carbocycles. The normalized spacial score (nSPS) is 11.8. The van der Waals surface area contributed by atoms with E-state index in [1.54, 1.807) is 31.3 Å². The summed E-state index contributed by atoms with van der Waals surface area (Å²) < 4.78 is 31.1. The van der Waals surface area contributed by atoms with Crippen LogP contribution in [-0.4, -0.2) is 46.0 Å². The summed E-state index contributed by atoms with van der Waals surface area (Å²) in [6, 6.07) is 6.59. The Morgan fingerprint density at radius 3 is 2.38 bits per heavy atom. The Morgan fingerprint density at radius 1 is 1.14 bits per heavy atom. The van der Waals surface area contributed by atoms with Gasteiger partial charge < -0.3 is 10.1 Å². The molecule has 5 nitrogen and oxygen atoms in total. The van der Waals surface area contributed by atoms with Gasteiger partial charge in [0.1, 0.15) is 5.75 Å². The minimum absolute atomic E-state index is 0.295. The molecule has 1 aromatic rings. The van der Waals surface area contributed by atoms with Gasteiger partial charge in [0.05, 0.1) is 11.5 Å². The zero-order valence-electron chi connectivity index (χ0n) is 13.1. The van der Waals surface area contributed by atoms with Gasteiger partial charge in [-0.3, -0.25) is 0 Å². The summed E-state index contributed by atoms with van der Waals surface area (Å²) in [7, 11) is -1.80. The number of nitrogens with zero attached hydrogens (tertiary/aromatic N) is 1. The highest BCUT2D eigenvalue weighted by molar-refractivity contribution is 7.89. The maximum atomic E-state index is 12.1. The Kier molecular flexibility index (Phi) is 7.71. The molecule has 0 aromatic heterocycles. The average molecular weight is 314 g/mol. The first-order valence-electron chi connectivity index (χ1n) is 7.42. The third-order valence-electron chi connectivity index (χ3n) is 3.17. The van der Waals surface area contributed by atoms with Crippen molar-refractivity contribution in [3.63, 3.8) is 0 Å². The van der Waals surface area contributed by atoms with Crippen molar-refractivity contribution < 1.29 is 13.2 Å². The van der Waals surface area contributed by atoms with E-state index in [2.05, 4.69) is 12.2 Å². The van der Waals surface area contributed by atoms with Crippen molar-refractivity contribution in [3.05, 3.63) is 24.3 Å². The smallest absolute Gasteiger partial charge is 0.242 e. The molecule has 0 aliphatic heterocycles. The Bertz CT molecular complexity index is 500. The number of rotatable bonds is 10. The average Bonchev–Trinajstić information content (AvgIpc) is 2.50. The summed E-state index contributed by atoms with van der Waals surface area (Å²) in [5, 5.41) is 3.30. The fraction of sp³-hybridized carbons (Fsp3) is 0.600. The van der Waals surface area contributed by atoms with Gasteiger partial charge in [-0.1, -0.05) is 13.8 Å². The maximum Gasteiger partial charge on any atom is 0.242 e. The Balaban J connectivity index is 2.47. The molecule has 0 amide bonds. The van der Waals surface area contributed by atoms with Crippen molar-refractivity contribution >= 4 is 10.0 Å². The topological polar surface area (TPSA) is 58.6 Å². The first kappa shape index (κ1) is 17.9. The molecule has 0 aliphatic carbocycles. The van der Waals surface area contributed by atoms with Crippen LogP contribution in [0.25, 0.3) is 0 Å². The lowest BCUT2D eigenvalue weighted by Crippen LogP contribution is -2.26. The zero-order chi connectivity index (χ0) is 15.7. The van der Waals surface area contributed by atoms with Crippen molar-refractivity contribution in [2.24, 2.45) is 0 Å². The van der Waals surface area contributed by atoms with E-state index in [0.29, 0.717) is 23.8 Å². The molecule has 0 aliphatic rings. The van der Waals surface area contributed by atoms with E-state index in [0.717, 1.165) is 25.9 Å². The molecule has 0 saturated heterocycles. The van der Waals surface area contributed by atoms with Crippen molar-refractivity contribution in [2.45, 2.75) is 31.6 Å². The number of hydrogen-bond donors (Lipinski definition) is 1. The van der Waals surface area contributed by atoms with Crippen LogP contribution in [0.15, 0.2) is 29.2 Å². The molecule has 6 heteroatoms. The molecule has 0 atom stereocenters. The monoisotopic (exact) mass is 314 g/mol. The van der Waals surface area contributed by atoms with Crippen LogP contribution in [0.2, 0.25) is 0 Å². The fourth-order valence-electron chi connectivity index (χ4n) is 1.75. The second-order valence-electron chi connectivity index (χ2n) is 4.84. The van der Waals surface area contributed by atoms with Gasteiger partial charge in [-0.2, -0.15) is 0 Å². The van der Waals surface area contributed by atoms with E-state index in [1.165, 1.54) is 4.31 Å². The van der Waals surface area contributed by atoms with Crippen molar-refractivity contribution in [2.75, 3.05) is 33.3 Å². The van der Waals surface area contributed by atoms with Gasteiger partial charge in [0.15, 0.2) is 0 Å². The van der Waals surface area contributed by atoms with Crippen LogP contribution in [0.3, 0.4) is 0 Å². The number of nitrogens with one attached hydrogen (secondary N) is 1. The predicted molar refractivity (Wildman–Crippen MR) is 85.2 cm³/mol. The molecule has 0 radical (unpaired) electrons. The van der Waals surface area contributed by atoms with Gasteiger partial charge in [0.25, 0.3) is 0 Å². The third kappa shape index (κ3) is 5.65. The SMILES string of the molecule is CCCNCCCOc1ccc(S(=O)(=O)N(C)CC)cc1. The Hall–Kier alpha value is -1.11. The highest BCUT2D eigenvalue weighted by Gasteiger charge is 2.18. The molecule has 120 valence electrons. The third-order valence-corrected chi connectivity index (χ3v) is 5.12. The molecular formula is C15H26N2O3S.